The summed E-state index contributed by atoms with van der Waals surface area (Å²) in [5.74, 6) is 2.71. The lowest BCUT2D eigenvalue weighted by Crippen LogP contribution is -2.11. The monoisotopic (exact) mass is 184 g/mol. The number of aromatic nitrogens is 2. The highest BCUT2D eigenvalue weighted by Crippen LogP contribution is 2.09. The lowest BCUT2D eigenvalue weighted by Gasteiger charge is -2.13. The molecule has 2 nitrogen and oxygen atoms in total. The largest absolute Gasteiger partial charge is 0.335 e. The number of aryl methyl sites for hydroxylation is 1. The lowest BCUT2D eigenvalue weighted by molar-refractivity contribution is 0.470. The maximum Gasteiger partial charge on any atom is 0.105 e. The molecule has 0 N–H and O–H groups in total. The molecule has 1 rings (SSSR count). The first kappa shape index (κ1) is 9.65. The predicted molar refractivity (Wildman–Crippen MR) is 54.6 cm³/mol. The molecule has 0 bridgehead atoms. The highest BCUT2D eigenvalue weighted by atomic mass is 32.1. The normalized spacial score (nSPS) is 13.2. The summed E-state index contributed by atoms with van der Waals surface area (Å²) in [6.45, 7) is 5.28. The van der Waals surface area contributed by atoms with Crippen LogP contribution >= 0.6 is 12.6 Å². The third kappa shape index (κ3) is 2.27. The predicted octanol–water partition coefficient (Wildman–Crippen LogP) is 2.15. The van der Waals surface area contributed by atoms with Gasteiger partial charge in [0.25, 0.3) is 0 Å². The van der Waals surface area contributed by atoms with Gasteiger partial charge < -0.3 is 4.57 Å². The van der Waals surface area contributed by atoms with E-state index < -0.39 is 0 Å². The van der Waals surface area contributed by atoms with Gasteiger partial charge >= 0.3 is 0 Å². The third-order valence-corrected chi connectivity index (χ3v) is 2.73. The second-order valence-corrected chi connectivity index (χ2v) is 3.45. The first-order valence-corrected chi connectivity index (χ1v) is 4.99. The molecule has 0 radical (unpaired) electrons. The van der Waals surface area contributed by atoms with Crippen LogP contribution < -0.4 is 0 Å². The molecule has 1 unspecified atom stereocenters. The number of rotatable bonds is 4. The standard InChI is InChI=1S/C9H16N2S/c1-3-9(7-12)6-11-5-4-10-8(11)2/h4-5,9,12H,3,6-7H2,1-2H3. The van der Waals surface area contributed by atoms with E-state index in [1.54, 1.807) is 0 Å². The number of thiol groups is 1. The van der Waals surface area contributed by atoms with Gasteiger partial charge in [-0.05, 0) is 18.6 Å². The average molecular weight is 184 g/mol. The summed E-state index contributed by atoms with van der Waals surface area (Å²) in [6.07, 6.45) is 5.06. The summed E-state index contributed by atoms with van der Waals surface area (Å²) in [4.78, 5) is 4.18. The fourth-order valence-corrected chi connectivity index (χ4v) is 1.56. The van der Waals surface area contributed by atoms with Crippen molar-refractivity contribution < 1.29 is 0 Å². The SMILES string of the molecule is CCC(CS)Cn1ccnc1C. The molecular weight excluding hydrogens is 168 g/mol. The zero-order valence-electron chi connectivity index (χ0n) is 7.70. The highest BCUT2D eigenvalue weighted by Gasteiger charge is 2.05. The molecular formula is C9H16N2S. The van der Waals surface area contributed by atoms with Gasteiger partial charge in [0.2, 0.25) is 0 Å². The summed E-state index contributed by atoms with van der Waals surface area (Å²) in [5.41, 5.74) is 0. The van der Waals surface area contributed by atoms with Crippen molar-refractivity contribution in [3.8, 4) is 0 Å². The Morgan fingerprint density at radius 3 is 2.83 bits per heavy atom. The Balaban J connectivity index is 2.56. The minimum absolute atomic E-state index is 0.668. The Morgan fingerprint density at radius 1 is 1.67 bits per heavy atom. The van der Waals surface area contributed by atoms with Gasteiger partial charge in [-0.25, -0.2) is 4.98 Å². The molecule has 0 aromatic carbocycles. The zero-order chi connectivity index (χ0) is 8.97. The van der Waals surface area contributed by atoms with Crippen molar-refractivity contribution in [2.45, 2.75) is 26.8 Å². The Labute approximate surface area is 79.4 Å². The summed E-state index contributed by atoms with van der Waals surface area (Å²) in [7, 11) is 0. The van der Waals surface area contributed by atoms with Crippen molar-refractivity contribution in [1.82, 2.24) is 9.55 Å². The molecule has 1 heterocycles. The van der Waals surface area contributed by atoms with Gasteiger partial charge in [0.05, 0.1) is 0 Å². The fourth-order valence-electron chi connectivity index (χ4n) is 1.19. The Morgan fingerprint density at radius 2 is 2.42 bits per heavy atom. The van der Waals surface area contributed by atoms with E-state index in [2.05, 4.69) is 29.1 Å². The van der Waals surface area contributed by atoms with E-state index in [4.69, 9.17) is 0 Å². The molecule has 0 saturated heterocycles. The van der Waals surface area contributed by atoms with Crippen molar-refractivity contribution in [2.75, 3.05) is 5.75 Å². The summed E-state index contributed by atoms with van der Waals surface area (Å²) >= 11 is 4.31. The van der Waals surface area contributed by atoms with Crippen LogP contribution in [0.4, 0.5) is 0 Å². The minimum Gasteiger partial charge on any atom is -0.335 e. The number of hydrogen-bond donors (Lipinski definition) is 1. The number of nitrogens with zero attached hydrogens (tertiary/aromatic N) is 2. The van der Waals surface area contributed by atoms with E-state index in [1.807, 2.05) is 19.3 Å². The van der Waals surface area contributed by atoms with Crippen molar-refractivity contribution in [1.29, 1.82) is 0 Å². The summed E-state index contributed by atoms with van der Waals surface area (Å²) < 4.78 is 2.18. The maximum atomic E-state index is 4.31. The topological polar surface area (TPSA) is 17.8 Å². The molecule has 0 saturated carbocycles. The van der Waals surface area contributed by atoms with Gasteiger partial charge in [0.15, 0.2) is 0 Å². The molecule has 1 atom stereocenters. The molecule has 0 aliphatic rings. The van der Waals surface area contributed by atoms with Crippen LogP contribution in [0.2, 0.25) is 0 Å². The number of hydrogen-bond acceptors (Lipinski definition) is 2. The summed E-state index contributed by atoms with van der Waals surface area (Å²) in [5, 5.41) is 0. The molecule has 1 aromatic heterocycles. The molecule has 0 aliphatic carbocycles. The fraction of sp³-hybridized carbons (Fsp3) is 0.667. The van der Waals surface area contributed by atoms with Crippen molar-refractivity contribution in [3.63, 3.8) is 0 Å². The lowest BCUT2D eigenvalue weighted by atomic mass is 10.1. The average Bonchev–Trinajstić information content (AvgIpc) is 2.47. The minimum atomic E-state index is 0.668. The highest BCUT2D eigenvalue weighted by molar-refractivity contribution is 7.80. The van der Waals surface area contributed by atoms with Crippen molar-refractivity contribution in [2.24, 2.45) is 5.92 Å². The molecule has 0 spiro atoms. The third-order valence-electron chi connectivity index (χ3n) is 2.21. The summed E-state index contributed by atoms with van der Waals surface area (Å²) in [6, 6.07) is 0. The molecule has 0 amide bonds. The Kier molecular flexibility index (Phi) is 3.66. The Hall–Kier alpha value is -0.440. The van der Waals surface area contributed by atoms with Gasteiger partial charge in [-0.2, -0.15) is 12.6 Å². The van der Waals surface area contributed by atoms with Crippen LogP contribution in [0.5, 0.6) is 0 Å². The van der Waals surface area contributed by atoms with Crippen LogP contribution in [-0.4, -0.2) is 15.3 Å². The second kappa shape index (κ2) is 4.55. The second-order valence-electron chi connectivity index (χ2n) is 3.08. The number of imidazole rings is 1. The van der Waals surface area contributed by atoms with E-state index in [0.717, 1.165) is 18.1 Å². The maximum absolute atomic E-state index is 4.31. The van der Waals surface area contributed by atoms with Crippen LogP contribution in [0.1, 0.15) is 19.2 Å². The van der Waals surface area contributed by atoms with Crippen LogP contribution in [0.15, 0.2) is 12.4 Å². The van der Waals surface area contributed by atoms with Crippen LogP contribution in [0, 0.1) is 12.8 Å². The van der Waals surface area contributed by atoms with Gasteiger partial charge in [0.1, 0.15) is 5.82 Å². The van der Waals surface area contributed by atoms with Gasteiger partial charge in [-0.1, -0.05) is 13.3 Å². The first-order valence-electron chi connectivity index (χ1n) is 4.36. The van der Waals surface area contributed by atoms with Crippen molar-refractivity contribution >= 4 is 12.6 Å². The molecule has 68 valence electrons. The van der Waals surface area contributed by atoms with Crippen LogP contribution in [-0.2, 0) is 6.54 Å². The Bertz CT molecular complexity index is 228. The molecule has 1 aromatic rings. The van der Waals surface area contributed by atoms with Crippen LogP contribution in [0.25, 0.3) is 0 Å². The van der Waals surface area contributed by atoms with E-state index in [-0.39, 0.29) is 0 Å². The van der Waals surface area contributed by atoms with Crippen molar-refractivity contribution in [3.05, 3.63) is 18.2 Å². The zero-order valence-corrected chi connectivity index (χ0v) is 8.59. The molecule has 0 fully saturated rings. The smallest absolute Gasteiger partial charge is 0.105 e. The quantitative estimate of drug-likeness (QED) is 0.710. The van der Waals surface area contributed by atoms with Gasteiger partial charge in [-0.15, -0.1) is 0 Å². The molecule has 12 heavy (non-hydrogen) atoms. The van der Waals surface area contributed by atoms with Gasteiger partial charge in [-0.3, -0.25) is 0 Å². The van der Waals surface area contributed by atoms with E-state index >= 15 is 0 Å². The van der Waals surface area contributed by atoms with E-state index in [9.17, 15) is 0 Å². The van der Waals surface area contributed by atoms with E-state index in [1.165, 1.54) is 6.42 Å². The van der Waals surface area contributed by atoms with E-state index in [0.29, 0.717) is 5.92 Å². The molecule has 3 heteroatoms. The molecule has 0 aliphatic heterocycles. The van der Waals surface area contributed by atoms with Crippen LogP contribution in [0.3, 0.4) is 0 Å². The van der Waals surface area contributed by atoms with Gasteiger partial charge in [0, 0.05) is 18.9 Å². The first-order chi connectivity index (χ1) is 5.77.